The summed E-state index contributed by atoms with van der Waals surface area (Å²) in [6, 6.07) is 0.131. The van der Waals surface area contributed by atoms with Crippen molar-refractivity contribution in [3.63, 3.8) is 0 Å². The summed E-state index contributed by atoms with van der Waals surface area (Å²) < 4.78 is 10.8. The molecule has 6 heteroatoms. The number of hydrogen-bond donors (Lipinski definition) is 2. The maximum absolute atomic E-state index is 5.47. The molecule has 3 N–H and O–H groups in total. The highest BCUT2D eigenvalue weighted by atomic mass is 16.5. The van der Waals surface area contributed by atoms with Gasteiger partial charge in [-0.2, -0.15) is 0 Å². The zero-order chi connectivity index (χ0) is 9.60. The number of aromatic nitrogens is 2. The second-order valence-corrected chi connectivity index (χ2v) is 3.94. The molecule has 0 saturated carbocycles. The average molecular weight is 196 g/mol. The van der Waals surface area contributed by atoms with E-state index in [0.717, 1.165) is 19.7 Å². The number of nitrogens with one attached hydrogen (secondary N) is 1. The van der Waals surface area contributed by atoms with Crippen LogP contribution in [0, 0.1) is 5.92 Å². The van der Waals surface area contributed by atoms with Gasteiger partial charge in [0.15, 0.2) is 0 Å². The number of nitrogen functional groups attached to an aromatic ring is 1. The Bertz CT molecular complexity index is 341. The van der Waals surface area contributed by atoms with E-state index in [1.54, 1.807) is 0 Å². The van der Waals surface area contributed by atoms with Crippen molar-refractivity contribution in [2.24, 2.45) is 5.92 Å². The van der Waals surface area contributed by atoms with Gasteiger partial charge in [-0.25, -0.2) is 0 Å². The van der Waals surface area contributed by atoms with Gasteiger partial charge in [-0.3, -0.25) is 0 Å². The molecular weight excluding hydrogens is 184 g/mol. The van der Waals surface area contributed by atoms with E-state index < -0.39 is 0 Å². The Morgan fingerprint density at radius 1 is 1.50 bits per heavy atom. The highest BCUT2D eigenvalue weighted by molar-refractivity contribution is 5.18. The van der Waals surface area contributed by atoms with Crippen LogP contribution in [0.4, 0.5) is 6.01 Å². The number of nitrogens with zero attached hydrogens (tertiary/aromatic N) is 2. The number of anilines is 1. The summed E-state index contributed by atoms with van der Waals surface area (Å²) >= 11 is 0. The van der Waals surface area contributed by atoms with Gasteiger partial charge in [-0.15, -0.1) is 5.10 Å². The summed E-state index contributed by atoms with van der Waals surface area (Å²) in [5.74, 6) is 1.05. The standard InChI is InChI=1S/C8H12N4O2/c9-7-12-11-6(14-7)8-3-10-1-5(8)2-13-4-8/h5,10H,1-4H2,(H2,9,12)/t5-,8-/m1/s1. The molecule has 2 saturated heterocycles. The molecule has 0 unspecified atom stereocenters. The summed E-state index contributed by atoms with van der Waals surface area (Å²) in [5.41, 5.74) is 5.29. The van der Waals surface area contributed by atoms with Gasteiger partial charge in [0, 0.05) is 19.0 Å². The molecule has 1 aromatic rings. The monoisotopic (exact) mass is 196 g/mol. The van der Waals surface area contributed by atoms with Crippen LogP contribution >= 0.6 is 0 Å². The molecule has 0 bridgehead atoms. The molecule has 2 atom stereocenters. The van der Waals surface area contributed by atoms with Gasteiger partial charge in [0.05, 0.1) is 18.6 Å². The van der Waals surface area contributed by atoms with Crippen molar-refractivity contribution >= 4 is 6.01 Å². The molecule has 0 aliphatic carbocycles. The van der Waals surface area contributed by atoms with E-state index in [1.165, 1.54) is 0 Å². The number of hydrogen-bond acceptors (Lipinski definition) is 6. The lowest BCUT2D eigenvalue weighted by Gasteiger charge is -2.20. The number of fused-ring (bicyclic) bond motifs is 1. The van der Waals surface area contributed by atoms with Crippen LogP contribution in [0.15, 0.2) is 4.42 Å². The molecule has 0 radical (unpaired) electrons. The number of nitrogens with two attached hydrogens (primary N) is 1. The van der Waals surface area contributed by atoms with E-state index in [4.69, 9.17) is 14.9 Å². The highest BCUT2D eigenvalue weighted by Crippen LogP contribution is 2.39. The first-order chi connectivity index (χ1) is 6.81. The minimum atomic E-state index is -0.134. The largest absolute Gasteiger partial charge is 0.408 e. The molecule has 3 rings (SSSR count). The minimum Gasteiger partial charge on any atom is -0.408 e. The lowest BCUT2D eigenvalue weighted by atomic mass is 9.81. The van der Waals surface area contributed by atoms with Gasteiger partial charge in [0.2, 0.25) is 5.89 Å². The summed E-state index contributed by atoms with van der Waals surface area (Å²) in [7, 11) is 0. The fraction of sp³-hybridized carbons (Fsp3) is 0.750. The summed E-state index contributed by atoms with van der Waals surface area (Å²) in [5, 5.41) is 11.0. The Morgan fingerprint density at radius 2 is 2.43 bits per heavy atom. The fourth-order valence-electron chi connectivity index (χ4n) is 2.33. The summed E-state index contributed by atoms with van der Waals surface area (Å²) in [6.45, 7) is 3.18. The highest BCUT2D eigenvalue weighted by Gasteiger charge is 2.52. The smallest absolute Gasteiger partial charge is 0.312 e. The Kier molecular flexibility index (Phi) is 1.57. The Hall–Kier alpha value is -1.14. The number of rotatable bonds is 1. The maximum Gasteiger partial charge on any atom is 0.312 e. The van der Waals surface area contributed by atoms with E-state index in [2.05, 4.69) is 15.5 Å². The molecule has 0 amide bonds. The normalized spacial score (nSPS) is 36.1. The van der Waals surface area contributed by atoms with Crippen LogP contribution in [0.25, 0.3) is 0 Å². The Morgan fingerprint density at radius 3 is 3.21 bits per heavy atom. The van der Waals surface area contributed by atoms with Gasteiger partial charge in [0.25, 0.3) is 0 Å². The van der Waals surface area contributed by atoms with Crippen molar-refractivity contribution in [2.45, 2.75) is 5.41 Å². The maximum atomic E-state index is 5.47. The lowest BCUT2D eigenvalue weighted by Crippen LogP contribution is -2.35. The zero-order valence-electron chi connectivity index (χ0n) is 7.69. The van der Waals surface area contributed by atoms with E-state index >= 15 is 0 Å². The summed E-state index contributed by atoms with van der Waals surface area (Å²) in [4.78, 5) is 0. The Labute approximate surface area is 80.8 Å². The third-order valence-corrected chi connectivity index (χ3v) is 3.16. The van der Waals surface area contributed by atoms with Crippen molar-refractivity contribution in [3.05, 3.63) is 5.89 Å². The molecular formula is C8H12N4O2. The first kappa shape index (κ1) is 8.19. The van der Waals surface area contributed by atoms with Crippen molar-refractivity contribution in [1.29, 1.82) is 0 Å². The van der Waals surface area contributed by atoms with E-state index in [-0.39, 0.29) is 11.4 Å². The van der Waals surface area contributed by atoms with Crippen LogP contribution in [-0.2, 0) is 10.2 Å². The predicted octanol–water partition coefficient (Wildman–Crippen LogP) is -0.861. The van der Waals surface area contributed by atoms with E-state index in [0.29, 0.717) is 18.4 Å². The van der Waals surface area contributed by atoms with Gasteiger partial charge in [-0.05, 0) is 0 Å². The predicted molar refractivity (Wildman–Crippen MR) is 47.6 cm³/mol. The molecule has 2 aliphatic heterocycles. The third-order valence-electron chi connectivity index (χ3n) is 3.16. The molecule has 0 aromatic carbocycles. The van der Waals surface area contributed by atoms with E-state index in [1.807, 2.05) is 0 Å². The molecule has 14 heavy (non-hydrogen) atoms. The zero-order valence-corrected chi connectivity index (χ0v) is 7.69. The van der Waals surface area contributed by atoms with Crippen LogP contribution in [0.2, 0.25) is 0 Å². The topological polar surface area (TPSA) is 86.2 Å². The molecule has 76 valence electrons. The average Bonchev–Trinajstić information content (AvgIpc) is 2.75. The van der Waals surface area contributed by atoms with Gasteiger partial charge in [0.1, 0.15) is 0 Å². The van der Waals surface area contributed by atoms with Gasteiger partial charge < -0.3 is 20.2 Å². The van der Waals surface area contributed by atoms with Crippen molar-refractivity contribution < 1.29 is 9.15 Å². The lowest BCUT2D eigenvalue weighted by molar-refractivity contribution is 0.164. The quantitative estimate of drug-likeness (QED) is 0.607. The first-order valence-electron chi connectivity index (χ1n) is 4.69. The van der Waals surface area contributed by atoms with Crippen molar-refractivity contribution in [1.82, 2.24) is 15.5 Å². The Balaban J connectivity index is 2.02. The van der Waals surface area contributed by atoms with Crippen LogP contribution in [-0.4, -0.2) is 36.5 Å². The van der Waals surface area contributed by atoms with Gasteiger partial charge >= 0.3 is 6.01 Å². The second-order valence-electron chi connectivity index (χ2n) is 3.94. The SMILES string of the molecule is Nc1nnc([C@@]23CNC[C@@H]2COC3)o1. The molecule has 3 heterocycles. The second kappa shape index (κ2) is 2.68. The van der Waals surface area contributed by atoms with Crippen molar-refractivity contribution in [2.75, 3.05) is 32.0 Å². The molecule has 2 aliphatic rings. The minimum absolute atomic E-state index is 0.131. The summed E-state index contributed by atoms with van der Waals surface area (Å²) in [6.07, 6.45) is 0. The first-order valence-corrected chi connectivity index (χ1v) is 4.69. The van der Waals surface area contributed by atoms with Crippen LogP contribution < -0.4 is 11.1 Å². The van der Waals surface area contributed by atoms with Gasteiger partial charge in [-0.1, -0.05) is 5.10 Å². The van der Waals surface area contributed by atoms with Crippen LogP contribution in [0.5, 0.6) is 0 Å². The van der Waals surface area contributed by atoms with Crippen molar-refractivity contribution in [3.8, 4) is 0 Å². The molecule has 1 aromatic heterocycles. The van der Waals surface area contributed by atoms with Crippen LogP contribution in [0.1, 0.15) is 5.89 Å². The molecule has 6 nitrogen and oxygen atoms in total. The fourth-order valence-corrected chi connectivity index (χ4v) is 2.33. The van der Waals surface area contributed by atoms with Crippen LogP contribution in [0.3, 0.4) is 0 Å². The van der Waals surface area contributed by atoms with E-state index in [9.17, 15) is 0 Å². The molecule has 2 fully saturated rings. The number of ether oxygens (including phenoxy) is 1. The third kappa shape index (κ3) is 0.921. The molecule has 0 spiro atoms.